The molecule has 2 heterocycles. The van der Waals surface area contributed by atoms with E-state index in [2.05, 4.69) is 20.5 Å². The Bertz CT molecular complexity index is 485. The fourth-order valence-electron chi connectivity index (χ4n) is 1.15. The van der Waals surface area contributed by atoms with Crippen LogP contribution in [0.25, 0.3) is 0 Å². The maximum Gasteiger partial charge on any atom is 0.275 e. The number of nitrogens with zero attached hydrogens (tertiary/aromatic N) is 3. The molecule has 7 heteroatoms. The van der Waals surface area contributed by atoms with E-state index in [0.717, 1.165) is 0 Å². The summed E-state index contributed by atoms with van der Waals surface area (Å²) in [5.41, 5.74) is 6.39. The lowest BCUT2D eigenvalue weighted by Crippen LogP contribution is -2.16. The van der Waals surface area contributed by atoms with Crippen molar-refractivity contribution in [3.63, 3.8) is 0 Å². The number of amides is 1. The van der Waals surface area contributed by atoms with Crippen LogP contribution in [-0.4, -0.2) is 25.7 Å². The number of nitrogens with two attached hydrogens (primary N) is 1. The van der Waals surface area contributed by atoms with Crippen LogP contribution in [0.2, 0.25) is 0 Å². The van der Waals surface area contributed by atoms with Crippen molar-refractivity contribution in [2.24, 2.45) is 7.05 Å². The summed E-state index contributed by atoms with van der Waals surface area (Å²) in [6.07, 6.45) is 4.45. The van der Waals surface area contributed by atoms with Crippen LogP contribution in [0.3, 0.4) is 0 Å². The van der Waals surface area contributed by atoms with Crippen molar-refractivity contribution in [3.05, 3.63) is 24.4 Å². The summed E-state index contributed by atoms with van der Waals surface area (Å²) in [6, 6.07) is 0. The van der Waals surface area contributed by atoms with E-state index in [1.807, 2.05) is 0 Å². The van der Waals surface area contributed by atoms with Crippen molar-refractivity contribution in [2.45, 2.75) is 0 Å². The van der Waals surface area contributed by atoms with Crippen LogP contribution >= 0.6 is 0 Å². The molecule has 0 aliphatic rings. The van der Waals surface area contributed by atoms with E-state index in [1.165, 1.54) is 12.4 Å². The maximum atomic E-state index is 11.7. The highest BCUT2D eigenvalue weighted by atomic mass is 16.2. The largest absolute Gasteiger partial charge is 0.394 e. The van der Waals surface area contributed by atoms with Crippen molar-refractivity contribution in [2.75, 3.05) is 11.1 Å². The zero-order valence-electron chi connectivity index (χ0n) is 8.06. The lowest BCUT2D eigenvalue weighted by molar-refractivity contribution is 0.101. The van der Waals surface area contributed by atoms with E-state index in [9.17, 15) is 4.79 Å². The molecule has 15 heavy (non-hydrogen) atoms. The van der Waals surface area contributed by atoms with Gasteiger partial charge in [0.15, 0.2) is 5.82 Å². The second-order valence-electron chi connectivity index (χ2n) is 3.04. The number of aryl methyl sites for hydroxylation is 1. The molecular weight excluding hydrogens is 196 g/mol. The number of hydrogen-bond acceptors (Lipinski definition) is 4. The number of nitrogen functional groups attached to an aromatic ring is 1. The maximum absolute atomic E-state index is 11.7. The van der Waals surface area contributed by atoms with E-state index in [-0.39, 0.29) is 5.91 Å². The Morgan fingerprint density at radius 1 is 1.60 bits per heavy atom. The highest BCUT2D eigenvalue weighted by Gasteiger charge is 2.11. The van der Waals surface area contributed by atoms with Crippen LogP contribution < -0.4 is 11.1 Å². The normalized spacial score (nSPS) is 10.2. The molecule has 0 atom stereocenters. The molecule has 0 spiro atoms. The number of anilines is 2. The molecule has 78 valence electrons. The summed E-state index contributed by atoms with van der Waals surface area (Å²) in [4.78, 5) is 15.5. The van der Waals surface area contributed by atoms with Gasteiger partial charge in [0.05, 0.1) is 24.4 Å². The predicted octanol–water partition coefficient (Wildman–Crippen LogP) is -0.0223. The predicted molar refractivity (Wildman–Crippen MR) is 54.2 cm³/mol. The minimum Gasteiger partial charge on any atom is -0.394 e. The molecular formula is C8H10N6O. The topological polar surface area (TPSA) is 102 Å². The van der Waals surface area contributed by atoms with Crippen molar-refractivity contribution in [1.82, 2.24) is 19.7 Å². The van der Waals surface area contributed by atoms with Gasteiger partial charge in [0.25, 0.3) is 5.91 Å². The van der Waals surface area contributed by atoms with E-state index in [4.69, 9.17) is 5.73 Å². The Kier molecular flexibility index (Phi) is 2.13. The average Bonchev–Trinajstić information content (AvgIpc) is 2.76. The van der Waals surface area contributed by atoms with Gasteiger partial charge in [0.1, 0.15) is 5.69 Å². The SMILES string of the molecule is Cn1cncc1C(=O)Nc1[nH]ncc1N. The first-order valence-corrected chi connectivity index (χ1v) is 4.25. The summed E-state index contributed by atoms with van der Waals surface area (Å²) in [5.74, 6) is 0.104. The van der Waals surface area contributed by atoms with Crippen molar-refractivity contribution >= 4 is 17.4 Å². The molecule has 4 N–H and O–H groups in total. The Morgan fingerprint density at radius 2 is 2.40 bits per heavy atom. The van der Waals surface area contributed by atoms with Gasteiger partial charge in [0, 0.05) is 7.05 Å². The van der Waals surface area contributed by atoms with Crippen LogP contribution in [0.15, 0.2) is 18.7 Å². The third kappa shape index (κ3) is 1.66. The van der Waals surface area contributed by atoms with E-state index in [0.29, 0.717) is 17.2 Å². The van der Waals surface area contributed by atoms with Gasteiger partial charge in [-0.15, -0.1) is 0 Å². The quantitative estimate of drug-likeness (QED) is 0.642. The Hall–Kier alpha value is -2.31. The van der Waals surface area contributed by atoms with Gasteiger partial charge >= 0.3 is 0 Å². The third-order valence-corrected chi connectivity index (χ3v) is 1.96. The van der Waals surface area contributed by atoms with Gasteiger partial charge in [-0.1, -0.05) is 0 Å². The average molecular weight is 206 g/mol. The number of rotatable bonds is 2. The molecule has 0 aliphatic heterocycles. The number of nitrogens with one attached hydrogen (secondary N) is 2. The molecule has 0 fully saturated rings. The zero-order chi connectivity index (χ0) is 10.8. The molecule has 1 amide bonds. The molecule has 0 unspecified atom stereocenters. The number of aromatic amines is 1. The van der Waals surface area contributed by atoms with Crippen molar-refractivity contribution in [1.29, 1.82) is 0 Å². The van der Waals surface area contributed by atoms with E-state index < -0.39 is 0 Å². The molecule has 0 aliphatic carbocycles. The second-order valence-corrected chi connectivity index (χ2v) is 3.04. The first-order chi connectivity index (χ1) is 7.18. The minimum absolute atomic E-state index is 0.286. The van der Waals surface area contributed by atoms with Crippen molar-refractivity contribution in [3.8, 4) is 0 Å². The fourth-order valence-corrected chi connectivity index (χ4v) is 1.15. The highest BCUT2D eigenvalue weighted by molar-refractivity contribution is 6.03. The van der Waals surface area contributed by atoms with Crippen LogP contribution in [0.4, 0.5) is 11.5 Å². The summed E-state index contributed by atoms with van der Waals surface area (Å²) in [7, 11) is 1.73. The van der Waals surface area contributed by atoms with Gasteiger partial charge in [-0.2, -0.15) is 5.10 Å². The smallest absolute Gasteiger partial charge is 0.275 e. The van der Waals surface area contributed by atoms with Gasteiger partial charge in [-0.3, -0.25) is 9.89 Å². The molecule has 0 saturated carbocycles. The van der Waals surface area contributed by atoms with E-state index in [1.54, 1.807) is 17.9 Å². The van der Waals surface area contributed by atoms with Gasteiger partial charge in [-0.25, -0.2) is 4.98 Å². The molecule has 0 saturated heterocycles. The standard InChI is InChI=1S/C8H10N6O/c1-14-4-10-3-6(14)8(15)12-7-5(9)2-11-13-7/h2-4H,9H2,1H3,(H2,11,12,13,15). The summed E-state index contributed by atoms with van der Waals surface area (Å²) in [6.45, 7) is 0. The molecule has 0 bridgehead atoms. The Labute approximate surface area is 85.3 Å². The van der Waals surface area contributed by atoms with Gasteiger partial charge < -0.3 is 15.6 Å². The number of carbonyl (C=O) groups is 1. The number of H-pyrrole nitrogens is 1. The third-order valence-electron chi connectivity index (χ3n) is 1.96. The summed E-state index contributed by atoms with van der Waals surface area (Å²) in [5, 5.41) is 8.86. The van der Waals surface area contributed by atoms with Crippen LogP contribution in [0, 0.1) is 0 Å². The summed E-state index contributed by atoms with van der Waals surface area (Å²) >= 11 is 0. The fraction of sp³-hybridized carbons (Fsp3) is 0.125. The molecule has 0 radical (unpaired) electrons. The molecule has 2 aromatic heterocycles. The number of aromatic nitrogens is 4. The monoisotopic (exact) mass is 206 g/mol. The first-order valence-electron chi connectivity index (χ1n) is 4.25. The minimum atomic E-state index is -0.286. The van der Waals surface area contributed by atoms with Crippen LogP contribution in [-0.2, 0) is 7.05 Å². The zero-order valence-corrected chi connectivity index (χ0v) is 8.06. The first kappa shape index (κ1) is 9.25. The number of hydrogen-bond donors (Lipinski definition) is 3. The molecule has 7 nitrogen and oxygen atoms in total. The van der Waals surface area contributed by atoms with Gasteiger partial charge in [-0.05, 0) is 0 Å². The molecule has 2 aromatic rings. The lowest BCUT2D eigenvalue weighted by atomic mass is 10.4. The molecule has 0 aromatic carbocycles. The van der Waals surface area contributed by atoms with Crippen molar-refractivity contribution < 1.29 is 4.79 Å². The molecule has 2 rings (SSSR count). The Balaban J connectivity index is 2.18. The van der Waals surface area contributed by atoms with E-state index >= 15 is 0 Å². The second kappa shape index (κ2) is 3.45. The van der Waals surface area contributed by atoms with Gasteiger partial charge in [0.2, 0.25) is 0 Å². The number of carbonyl (C=O) groups excluding carboxylic acids is 1. The number of imidazole rings is 1. The highest BCUT2D eigenvalue weighted by Crippen LogP contribution is 2.13. The summed E-state index contributed by atoms with van der Waals surface area (Å²) < 4.78 is 1.61. The van der Waals surface area contributed by atoms with Crippen LogP contribution in [0.1, 0.15) is 10.5 Å². The van der Waals surface area contributed by atoms with Crippen LogP contribution in [0.5, 0.6) is 0 Å². The lowest BCUT2D eigenvalue weighted by Gasteiger charge is -2.03. The Morgan fingerprint density at radius 3 is 2.93 bits per heavy atom.